The number of hydrogen-bond donors (Lipinski definition) is 1. The van der Waals surface area contributed by atoms with Gasteiger partial charge in [0.15, 0.2) is 0 Å². The molecule has 0 aliphatic carbocycles. The van der Waals surface area contributed by atoms with E-state index < -0.39 is 5.82 Å². The van der Waals surface area contributed by atoms with Crippen molar-refractivity contribution in [2.24, 2.45) is 0 Å². The second-order valence-electron chi connectivity index (χ2n) is 5.50. The average Bonchev–Trinajstić information content (AvgIpc) is 2.82. The maximum atomic E-state index is 13.9. The molecule has 0 spiro atoms. The first-order valence-corrected chi connectivity index (χ1v) is 7.58. The van der Waals surface area contributed by atoms with Gasteiger partial charge in [0.25, 0.3) is 5.91 Å². The van der Waals surface area contributed by atoms with Crippen molar-refractivity contribution in [3.63, 3.8) is 0 Å². The van der Waals surface area contributed by atoms with Crippen LogP contribution in [0.15, 0.2) is 54.6 Å². The quantitative estimate of drug-likeness (QED) is 0.924. The Morgan fingerprint density at radius 3 is 2.59 bits per heavy atom. The van der Waals surface area contributed by atoms with Gasteiger partial charge in [-0.3, -0.25) is 4.79 Å². The predicted molar refractivity (Wildman–Crippen MR) is 84.1 cm³/mol. The molecule has 22 heavy (non-hydrogen) atoms. The molecule has 0 aromatic heterocycles. The highest BCUT2D eigenvalue weighted by atomic mass is 19.1. The second-order valence-corrected chi connectivity index (χ2v) is 5.50. The molecule has 1 aliphatic heterocycles. The summed E-state index contributed by atoms with van der Waals surface area (Å²) in [5.74, 6) is -0.691. The first-order chi connectivity index (χ1) is 10.8. The summed E-state index contributed by atoms with van der Waals surface area (Å²) >= 11 is 0. The fraction of sp³-hybridized carbons (Fsp3) is 0.278. The molecule has 0 radical (unpaired) electrons. The van der Waals surface area contributed by atoms with Crippen LogP contribution in [0.1, 0.15) is 28.4 Å². The number of carbonyl (C=O) groups excluding carboxylic acids is 1. The van der Waals surface area contributed by atoms with Crippen molar-refractivity contribution in [3.8, 4) is 0 Å². The molecule has 4 heteroatoms. The van der Waals surface area contributed by atoms with E-state index in [4.69, 9.17) is 0 Å². The largest absolute Gasteiger partial charge is 0.337 e. The average molecular weight is 298 g/mol. The Hall–Kier alpha value is -2.20. The third-order valence-corrected chi connectivity index (χ3v) is 3.99. The molecule has 1 N–H and O–H groups in total. The minimum atomic E-state index is -0.457. The molecule has 1 heterocycles. The van der Waals surface area contributed by atoms with Gasteiger partial charge in [0.2, 0.25) is 0 Å². The first kappa shape index (κ1) is 14.7. The first-order valence-electron chi connectivity index (χ1n) is 7.58. The van der Waals surface area contributed by atoms with Crippen molar-refractivity contribution in [2.45, 2.75) is 12.5 Å². The van der Waals surface area contributed by atoms with E-state index in [1.807, 2.05) is 18.2 Å². The maximum absolute atomic E-state index is 13.9. The van der Waals surface area contributed by atoms with Crippen LogP contribution in [0.25, 0.3) is 0 Å². The molecular formula is C18H19FN2O. The van der Waals surface area contributed by atoms with Crippen molar-refractivity contribution < 1.29 is 9.18 Å². The van der Waals surface area contributed by atoms with Crippen molar-refractivity contribution >= 4 is 5.91 Å². The molecule has 1 atom stereocenters. The maximum Gasteiger partial charge on any atom is 0.256 e. The highest BCUT2D eigenvalue weighted by molar-refractivity contribution is 5.94. The van der Waals surface area contributed by atoms with Crippen LogP contribution in [0.3, 0.4) is 0 Å². The number of nitrogens with zero attached hydrogens (tertiary/aromatic N) is 1. The summed E-state index contributed by atoms with van der Waals surface area (Å²) in [5, 5.41) is 3.46. The number of benzene rings is 2. The van der Waals surface area contributed by atoms with Gasteiger partial charge in [0, 0.05) is 19.1 Å². The zero-order valence-electron chi connectivity index (χ0n) is 12.3. The fourth-order valence-electron chi connectivity index (χ4n) is 2.82. The predicted octanol–water partition coefficient (Wildman–Crippen LogP) is 3.00. The van der Waals surface area contributed by atoms with Crippen LogP contribution >= 0.6 is 0 Å². The molecule has 0 bridgehead atoms. The molecule has 0 saturated carbocycles. The Morgan fingerprint density at radius 1 is 1.09 bits per heavy atom. The number of carbonyl (C=O) groups is 1. The Balaban J connectivity index is 1.81. The van der Waals surface area contributed by atoms with Crippen LogP contribution in [0.5, 0.6) is 0 Å². The minimum Gasteiger partial charge on any atom is -0.337 e. The smallest absolute Gasteiger partial charge is 0.256 e. The third kappa shape index (κ3) is 3.17. The van der Waals surface area contributed by atoms with E-state index in [-0.39, 0.29) is 17.5 Å². The van der Waals surface area contributed by atoms with Crippen LogP contribution in [0.4, 0.5) is 4.39 Å². The van der Waals surface area contributed by atoms with Gasteiger partial charge in [0.05, 0.1) is 5.56 Å². The van der Waals surface area contributed by atoms with Gasteiger partial charge in [-0.05, 0) is 30.7 Å². The summed E-state index contributed by atoms with van der Waals surface area (Å²) in [5.41, 5.74) is 1.30. The van der Waals surface area contributed by atoms with Gasteiger partial charge in [-0.2, -0.15) is 0 Å². The second kappa shape index (κ2) is 6.71. The van der Waals surface area contributed by atoms with E-state index in [9.17, 15) is 9.18 Å². The lowest BCUT2D eigenvalue weighted by atomic mass is 10.1. The van der Waals surface area contributed by atoms with Crippen LogP contribution in [0.2, 0.25) is 0 Å². The summed E-state index contributed by atoms with van der Waals surface area (Å²) in [4.78, 5) is 14.4. The highest BCUT2D eigenvalue weighted by Gasteiger charge is 2.24. The number of amides is 1. The molecule has 1 unspecified atom stereocenters. The molecule has 3 rings (SSSR count). The van der Waals surface area contributed by atoms with Crippen LogP contribution in [-0.2, 0) is 0 Å². The van der Waals surface area contributed by atoms with Crippen molar-refractivity contribution in [3.05, 3.63) is 71.5 Å². The van der Waals surface area contributed by atoms with E-state index in [2.05, 4.69) is 17.4 Å². The molecular weight excluding hydrogens is 279 g/mol. The lowest BCUT2D eigenvalue weighted by Crippen LogP contribution is -2.36. The summed E-state index contributed by atoms with van der Waals surface area (Å²) in [6, 6.07) is 16.3. The Labute approximate surface area is 129 Å². The molecule has 1 saturated heterocycles. The van der Waals surface area contributed by atoms with Gasteiger partial charge >= 0.3 is 0 Å². The van der Waals surface area contributed by atoms with Crippen LogP contribution < -0.4 is 5.32 Å². The molecule has 1 aliphatic rings. The lowest BCUT2D eigenvalue weighted by Gasteiger charge is -2.25. The SMILES string of the molecule is O=C(c1ccccc1F)N1CCCNC(c2ccccc2)C1. The minimum absolute atomic E-state index is 0.0828. The molecule has 1 amide bonds. The van der Waals surface area contributed by atoms with Gasteiger partial charge in [-0.15, -0.1) is 0 Å². The van der Waals surface area contributed by atoms with Gasteiger partial charge in [-0.25, -0.2) is 4.39 Å². The van der Waals surface area contributed by atoms with Crippen molar-refractivity contribution in [2.75, 3.05) is 19.6 Å². The zero-order chi connectivity index (χ0) is 15.4. The summed E-state index contributed by atoms with van der Waals surface area (Å²) in [6.45, 7) is 2.04. The summed E-state index contributed by atoms with van der Waals surface area (Å²) < 4.78 is 13.9. The van der Waals surface area contributed by atoms with Crippen LogP contribution in [-0.4, -0.2) is 30.4 Å². The molecule has 2 aromatic rings. The van der Waals surface area contributed by atoms with E-state index in [1.54, 1.807) is 23.1 Å². The van der Waals surface area contributed by atoms with E-state index in [0.29, 0.717) is 13.1 Å². The number of hydrogen-bond acceptors (Lipinski definition) is 2. The van der Waals surface area contributed by atoms with E-state index >= 15 is 0 Å². The highest BCUT2D eigenvalue weighted by Crippen LogP contribution is 2.19. The summed E-state index contributed by atoms with van der Waals surface area (Å²) in [6.07, 6.45) is 0.865. The summed E-state index contributed by atoms with van der Waals surface area (Å²) in [7, 11) is 0. The van der Waals surface area contributed by atoms with E-state index in [1.165, 1.54) is 6.07 Å². The molecule has 114 valence electrons. The van der Waals surface area contributed by atoms with Gasteiger partial charge in [0.1, 0.15) is 5.82 Å². The van der Waals surface area contributed by atoms with Gasteiger partial charge in [-0.1, -0.05) is 42.5 Å². The monoisotopic (exact) mass is 298 g/mol. The van der Waals surface area contributed by atoms with Crippen molar-refractivity contribution in [1.82, 2.24) is 10.2 Å². The molecule has 2 aromatic carbocycles. The van der Waals surface area contributed by atoms with E-state index in [0.717, 1.165) is 18.5 Å². The Bertz CT molecular complexity index is 645. The Morgan fingerprint density at radius 2 is 1.82 bits per heavy atom. The van der Waals surface area contributed by atoms with Crippen LogP contribution in [0, 0.1) is 5.82 Å². The van der Waals surface area contributed by atoms with Gasteiger partial charge < -0.3 is 10.2 Å². The standard InChI is InChI=1S/C18H19FN2O/c19-16-10-5-4-9-15(16)18(22)21-12-6-11-20-17(13-21)14-7-2-1-3-8-14/h1-5,7-10,17,20H,6,11-13H2. The topological polar surface area (TPSA) is 32.3 Å². The number of nitrogens with one attached hydrogen (secondary N) is 1. The normalized spacial score (nSPS) is 18.8. The number of halogens is 1. The molecule has 3 nitrogen and oxygen atoms in total. The lowest BCUT2D eigenvalue weighted by molar-refractivity contribution is 0.0748. The Kier molecular flexibility index (Phi) is 4.49. The number of rotatable bonds is 2. The molecule has 1 fully saturated rings. The van der Waals surface area contributed by atoms with Crippen molar-refractivity contribution in [1.29, 1.82) is 0 Å². The third-order valence-electron chi connectivity index (χ3n) is 3.99. The fourth-order valence-corrected chi connectivity index (χ4v) is 2.82. The zero-order valence-corrected chi connectivity index (χ0v) is 12.3.